The zero-order chi connectivity index (χ0) is 21.8. The Bertz CT molecular complexity index is 1210. The molecule has 3 aromatic rings. The monoisotopic (exact) mass is 461 g/mol. The van der Waals surface area contributed by atoms with E-state index in [1.165, 1.54) is 12.1 Å². The molecule has 1 N–H and O–H groups in total. The summed E-state index contributed by atoms with van der Waals surface area (Å²) in [6.45, 7) is 1.16. The number of fused-ring (bicyclic) bond motifs is 1. The van der Waals surface area contributed by atoms with Crippen LogP contribution >= 0.6 is 11.6 Å². The quantitative estimate of drug-likeness (QED) is 0.580. The van der Waals surface area contributed by atoms with E-state index in [1.807, 2.05) is 18.2 Å². The van der Waals surface area contributed by atoms with Crippen LogP contribution in [0.15, 0.2) is 59.6 Å². The van der Waals surface area contributed by atoms with E-state index in [9.17, 15) is 13.2 Å². The lowest BCUT2D eigenvalue weighted by Gasteiger charge is -2.18. The van der Waals surface area contributed by atoms with Gasteiger partial charge in [-0.1, -0.05) is 29.8 Å². The summed E-state index contributed by atoms with van der Waals surface area (Å²) >= 11 is 6.19. The number of carbonyl (C=O) groups is 1. The van der Waals surface area contributed by atoms with Gasteiger partial charge in [0.25, 0.3) is 0 Å². The lowest BCUT2D eigenvalue weighted by Crippen LogP contribution is -2.20. The molecule has 0 unspecified atom stereocenters. The molecule has 0 saturated carbocycles. The molecule has 2 aromatic carbocycles. The maximum atomic E-state index is 12.7. The van der Waals surface area contributed by atoms with Crippen LogP contribution in [-0.2, 0) is 21.2 Å². The minimum atomic E-state index is -3.67. The molecule has 1 aromatic heterocycles. The number of aromatic nitrogens is 2. The van der Waals surface area contributed by atoms with Crippen molar-refractivity contribution in [2.45, 2.75) is 17.9 Å². The molecule has 0 aliphatic carbocycles. The van der Waals surface area contributed by atoms with Gasteiger partial charge >= 0.3 is 0 Å². The van der Waals surface area contributed by atoms with Crippen molar-refractivity contribution in [3.05, 3.63) is 65.3 Å². The summed E-state index contributed by atoms with van der Waals surface area (Å²) in [5.41, 5.74) is 0.851. The van der Waals surface area contributed by atoms with Gasteiger partial charge in [0, 0.05) is 23.6 Å². The molecule has 1 aliphatic heterocycles. The average molecular weight is 462 g/mol. The lowest BCUT2D eigenvalue weighted by atomic mass is 10.2. The first-order chi connectivity index (χ1) is 14.9. The van der Waals surface area contributed by atoms with Gasteiger partial charge in [-0.25, -0.2) is 13.1 Å². The highest BCUT2D eigenvalue weighted by Crippen LogP contribution is 2.32. The smallest absolute Gasteiger partial charge is 0.226 e. The maximum absolute atomic E-state index is 12.7. The van der Waals surface area contributed by atoms with Gasteiger partial charge in [-0.3, -0.25) is 4.79 Å². The van der Waals surface area contributed by atoms with E-state index in [1.54, 1.807) is 29.1 Å². The van der Waals surface area contributed by atoms with E-state index in [0.717, 1.165) is 5.56 Å². The van der Waals surface area contributed by atoms with Gasteiger partial charge in [0.2, 0.25) is 5.91 Å². The van der Waals surface area contributed by atoms with Crippen LogP contribution in [0.1, 0.15) is 12.0 Å². The maximum Gasteiger partial charge on any atom is 0.226 e. The van der Waals surface area contributed by atoms with E-state index in [-0.39, 0.29) is 17.1 Å². The Hall–Kier alpha value is -3.04. The van der Waals surface area contributed by atoms with Crippen molar-refractivity contribution in [2.24, 2.45) is 0 Å². The number of ether oxygens (including phenoxy) is 2. The zero-order valence-corrected chi connectivity index (χ0v) is 18.0. The van der Waals surface area contributed by atoms with Crippen LogP contribution in [0.3, 0.4) is 0 Å². The third kappa shape index (κ3) is 5.00. The second-order valence-corrected chi connectivity index (χ2v) is 9.40. The number of nitrogens with zero attached hydrogens (tertiary/aromatic N) is 2. The molecule has 0 spiro atoms. The zero-order valence-electron chi connectivity index (χ0n) is 16.5. The molecule has 2 heterocycles. The number of anilines is 1. The third-order valence-electron chi connectivity index (χ3n) is 4.73. The van der Waals surface area contributed by atoms with Crippen molar-refractivity contribution in [2.75, 3.05) is 24.3 Å². The first-order valence-electron chi connectivity index (χ1n) is 9.60. The van der Waals surface area contributed by atoms with Crippen LogP contribution in [0, 0.1) is 0 Å². The number of halogens is 1. The first kappa shape index (κ1) is 21.2. The van der Waals surface area contributed by atoms with Crippen LogP contribution in [0.2, 0.25) is 5.02 Å². The number of hydrogen-bond acceptors (Lipinski definition) is 6. The highest BCUT2D eigenvalue weighted by molar-refractivity contribution is 7.91. The van der Waals surface area contributed by atoms with Gasteiger partial charge in [-0.15, -0.1) is 0 Å². The molecule has 4 rings (SSSR count). The van der Waals surface area contributed by atoms with Crippen molar-refractivity contribution in [1.82, 2.24) is 9.78 Å². The molecule has 31 heavy (non-hydrogen) atoms. The van der Waals surface area contributed by atoms with Crippen LogP contribution < -0.4 is 14.8 Å². The average Bonchev–Trinajstić information content (AvgIpc) is 3.20. The SMILES string of the molecule is O=C(CCS(=O)(=O)c1ccc2c(c1)OCCO2)Nc1ccnn1Cc1ccccc1Cl. The number of carbonyl (C=O) groups excluding carboxylic acids is 1. The molecule has 0 fully saturated rings. The van der Waals surface area contributed by atoms with Crippen molar-refractivity contribution in [3.8, 4) is 11.5 Å². The molecule has 162 valence electrons. The second kappa shape index (κ2) is 8.99. The Kier molecular flexibility index (Phi) is 6.15. The Balaban J connectivity index is 1.39. The van der Waals surface area contributed by atoms with Crippen LogP contribution in [0.25, 0.3) is 0 Å². The van der Waals surface area contributed by atoms with Crippen molar-refractivity contribution in [3.63, 3.8) is 0 Å². The van der Waals surface area contributed by atoms with E-state index in [2.05, 4.69) is 10.4 Å². The molecule has 0 atom stereocenters. The van der Waals surface area contributed by atoms with Crippen LogP contribution in [0.4, 0.5) is 5.82 Å². The summed E-state index contributed by atoms with van der Waals surface area (Å²) in [6.07, 6.45) is 1.35. The minimum absolute atomic E-state index is 0.0910. The molecule has 8 nitrogen and oxygen atoms in total. The Morgan fingerprint density at radius 1 is 1.10 bits per heavy atom. The fourth-order valence-corrected chi connectivity index (χ4v) is 4.57. The van der Waals surface area contributed by atoms with Gasteiger partial charge < -0.3 is 14.8 Å². The molecular formula is C21H20ClN3O5S. The molecule has 0 bridgehead atoms. The summed E-state index contributed by atoms with van der Waals surface area (Å²) in [5, 5.41) is 7.51. The molecule has 1 aliphatic rings. The Morgan fingerprint density at radius 2 is 1.87 bits per heavy atom. The number of hydrogen-bond donors (Lipinski definition) is 1. The van der Waals surface area contributed by atoms with Crippen LogP contribution in [0.5, 0.6) is 11.5 Å². The lowest BCUT2D eigenvalue weighted by molar-refractivity contribution is -0.115. The van der Waals surface area contributed by atoms with Crippen LogP contribution in [-0.4, -0.2) is 43.1 Å². The molecule has 1 amide bonds. The highest BCUT2D eigenvalue weighted by atomic mass is 35.5. The standard InChI is InChI=1S/C21H20ClN3O5S/c22-17-4-2-1-3-15(17)14-25-20(7-9-23-25)24-21(26)8-12-31(27,28)16-5-6-18-19(13-16)30-11-10-29-18/h1-7,9,13H,8,10-12,14H2,(H,24,26). The number of sulfone groups is 1. The number of benzene rings is 2. The van der Waals surface area contributed by atoms with Crippen molar-refractivity contribution < 1.29 is 22.7 Å². The summed E-state index contributed by atoms with van der Waals surface area (Å²) in [4.78, 5) is 12.5. The number of amides is 1. The number of nitrogens with one attached hydrogen (secondary N) is 1. The van der Waals surface area contributed by atoms with E-state index in [4.69, 9.17) is 21.1 Å². The minimum Gasteiger partial charge on any atom is -0.486 e. The van der Waals surface area contributed by atoms with Gasteiger partial charge in [-0.05, 0) is 23.8 Å². The fourth-order valence-electron chi connectivity index (χ4n) is 3.12. The second-order valence-electron chi connectivity index (χ2n) is 6.89. The Labute approximate surface area is 184 Å². The van der Waals surface area contributed by atoms with Gasteiger partial charge in [0.15, 0.2) is 21.3 Å². The van der Waals surface area contributed by atoms with Gasteiger partial charge in [0.05, 0.1) is 23.4 Å². The van der Waals surface area contributed by atoms with Gasteiger partial charge in [0.1, 0.15) is 19.0 Å². The highest BCUT2D eigenvalue weighted by Gasteiger charge is 2.21. The normalized spacial score (nSPS) is 13.1. The predicted molar refractivity (Wildman–Crippen MR) is 116 cm³/mol. The van der Waals surface area contributed by atoms with E-state index in [0.29, 0.717) is 42.1 Å². The fraction of sp³-hybridized carbons (Fsp3) is 0.238. The third-order valence-corrected chi connectivity index (χ3v) is 6.82. The molecular weight excluding hydrogens is 442 g/mol. The molecule has 0 saturated heterocycles. The first-order valence-corrected chi connectivity index (χ1v) is 11.6. The summed E-state index contributed by atoms with van der Waals surface area (Å²) in [5.74, 6) is 0.593. The topological polar surface area (TPSA) is 99.5 Å². The van der Waals surface area contributed by atoms with Crippen molar-refractivity contribution in [1.29, 1.82) is 0 Å². The summed E-state index contributed by atoms with van der Waals surface area (Å²) < 4.78 is 37.8. The molecule has 10 heteroatoms. The van der Waals surface area contributed by atoms with Gasteiger partial charge in [-0.2, -0.15) is 5.10 Å². The number of rotatable bonds is 7. The molecule has 0 radical (unpaired) electrons. The summed E-state index contributed by atoms with van der Waals surface area (Å²) in [6, 6.07) is 13.4. The predicted octanol–water partition coefficient (Wildman–Crippen LogP) is 3.16. The summed E-state index contributed by atoms with van der Waals surface area (Å²) in [7, 11) is -3.67. The van der Waals surface area contributed by atoms with E-state index < -0.39 is 15.7 Å². The Morgan fingerprint density at radius 3 is 2.68 bits per heavy atom. The largest absolute Gasteiger partial charge is 0.486 e. The van der Waals surface area contributed by atoms with E-state index >= 15 is 0 Å². The van der Waals surface area contributed by atoms with Crippen molar-refractivity contribution >= 4 is 33.2 Å².